The molecule has 0 bridgehead atoms. The molecule has 10 aromatic rings. The van der Waals surface area contributed by atoms with Crippen LogP contribution >= 0.6 is 0 Å². The number of hydrogen-bond donors (Lipinski definition) is 4. The summed E-state index contributed by atoms with van der Waals surface area (Å²) in [5, 5.41) is 79.8. The summed E-state index contributed by atoms with van der Waals surface area (Å²) in [6.07, 6.45) is -0.462. The Morgan fingerprint density at radius 2 is 0.654 bits per heavy atom. The van der Waals surface area contributed by atoms with E-state index in [0.29, 0.717) is 0 Å². The number of benzene rings is 10. The van der Waals surface area contributed by atoms with Crippen molar-refractivity contribution in [3.63, 3.8) is 0 Å². The van der Waals surface area contributed by atoms with Crippen LogP contribution in [0.4, 0.5) is 22.7 Å². The Balaban J connectivity index is 1.14. The Kier molecular flexibility index (Phi) is 13.3. The molecule has 28 heteroatoms. The molecule has 0 radical (unpaired) electrons. The van der Waals surface area contributed by atoms with E-state index in [1.54, 1.807) is 0 Å². The maximum atomic E-state index is 14.9. The van der Waals surface area contributed by atoms with E-state index in [0.717, 1.165) is 60.7 Å². The quantitative estimate of drug-likeness (QED) is 0.0580. The van der Waals surface area contributed by atoms with Crippen molar-refractivity contribution in [2.24, 2.45) is 0 Å². The van der Waals surface area contributed by atoms with Gasteiger partial charge in [-0.25, -0.2) is 0 Å². The number of rotatable bonds is 14. The summed E-state index contributed by atoms with van der Waals surface area (Å²) in [4.78, 5) is 9.55. The molecule has 0 fully saturated rings. The molecule has 0 unspecified atom stereocenters. The van der Waals surface area contributed by atoms with Crippen molar-refractivity contribution in [3.8, 4) is 46.0 Å². The van der Waals surface area contributed by atoms with Crippen molar-refractivity contribution in [1.29, 1.82) is 21.6 Å². The summed E-state index contributed by atoms with van der Waals surface area (Å²) >= 11 is 0. The lowest BCUT2D eigenvalue weighted by Crippen LogP contribution is -2.18. The maximum absolute atomic E-state index is 14.9. The highest BCUT2D eigenvalue weighted by molar-refractivity contribution is 7.88. The molecular weight excluding hydrogens is 1130 g/mol. The molecule has 0 saturated heterocycles. The predicted octanol–water partition coefficient (Wildman–Crippen LogP) is 11.7. The molecule has 0 aliphatic heterocycles. The Hall–Kier alpha value is -10.9. The van der Waals surface area contributed by atoms with Gasteiger partial charge in [-0.15, -0.1) is 0 Å². The molecule has 0 saturated carbocycles. The number of aromatic hydroxyl groups is 4. The van der Waals surface area contributed by atoms with E-state index in [1.807, 2.05) is 0 Å². The average Bonchev–Trinajstić information content (AvgIpc) is 3.53. The lowest BCUT2D eigenvalue weighted by atomic mass is 10.0. The van der Waals surface area contributed by atoms with Crippen LogP contribution < -0.4 is 16.7 Å². The highest BCUT2D eigenvalue weighted by Gasteiger charge is 2.35. The maximum Gasteiger partial charge on any atom is 0.426 e. The highest BCUT2D eigenvalue weighted by Crippen LogP contribution is 2.48. The first-order valence-electron chi connectivity index (χ1n) is 23.0. The van der Waals surface area contributed by atoms with E-state index in [2.05, 4.69) is 19.9 Å². The Morgan fingerprint density at radius 1 is 0.333 bits per heavy atom. The minimum Gasteiger partial charge on any atom is -0.501 e. The first-order chi connectivity index (χ1) is 38.6. The van der Waals surface area contributed by atoms with Crippen molar-refractivity contribution >= 4 is 106 Å². The minimum atomic E-state index is -5.40. The third-order valence-electron chi connectivity index (χ3n) is 12.7. The first-order valence-corrected chi connectivity index (χ1v) is 28.7. The van der Waals surface area contributed by atoms with E-state index in [9.17, 15) is 75.7 Å². The second kappa shape index (κ2) is 20.2. The van der Waals surface area contributed by atoms with Gasteiger partial charge in [0.2, 0.25) is 50.3 Å². The summed E-state index contributed by atoms with van der Waals surface area (Å²) in [7, 11) is -20.7. The van der Waals surface area contributed by atoms with Crippen molar-refractivity contribution in [2.75, 3.05) is 0 Å². The van der Waals surface area contributed by atoms with E-state index < -0.39 is 102 Å². The summed E-state index contributed by atoms with van der Waals surface area (Å²) < 4.78 is 139. The van der Waals surface area contributed by atoms with Gasteiger partial charge in [-0.1, -0.05) is 66.7 Å². The van der Waals surface area contributed by atoms with Crippen LogP contribution in [0.1, 0.15) is 11.1 Å². The topological polar surface area (TPSA) is 367 Å². The molecule has 0 heterocycles. The van der Waals surface area contributed by atoms with Crippen molar-refractivity contribution < 1.29 is 70.8 Å². The second-order valence-corrected chi connectivity index (χ2v) is 23.4. The van der Waals surface area contributed by atoms with Crippen LogP contribution in [0, 0.1) is 21.6 Å². The standard InChI is InChI=1S/C53H28N8O16S4/c54-58-39-22-18-31-35(48(39)62)5-1-9-44(31)78(66,67)74-30-16-13-28(14-17-30)27-29-15-26-43(75-79(68,69)45-10-2-6-36-32(45)19-23-40(59-55)49(36)63)53(77-81(72,73)47-12-4-8-38-34(47)21-25-42(61-57)51(38)65)52(29)76-80(70,71)46-11-3-7-37-33(46)20-24-41(60-56)50(37)64/h1-26H,27H2/p+4. The fourth-order valence-electron chi connectivity index (χ4n) is 8.89. The molecule has 0 atom stereocenters. The predicted molar refractivity (Wildman–Crippen MR) is 288 cm³/mol. The van der Waals surface area contributed by atoms with Crippen LogP contribution in [0.5, 0.6) is 46.0 Å². The number of nitrogens with zero attached hydrogens (tertiary/aromatic N) is 8. The van der Waals surface area contributed by atoms with Gasteiger partial charge in [-0.05, 0) is 72.3 Å². The van der Waals surface area contributed by atoms with Gasteiger partial charge in [0.25, 0.3) is 0 Å². The molecule has 10 aromatic carbocycles. The summed E-state index contributed by atoms with van der Waals surface area (Å²) in [5.74, 6) is -6.00. The monoisotopic (exact) mass is 1160 g/mol. The van der Waals surface area contributed by atoms with E-state index >= 15 is 0 Å². The van der Waals surface area contributed by atoms with Crippen LogP contribution in [0.25, 0.3) is 63.0 Å². The van der Waals surface area contributed by atoms with Crippen LogP contribution in [0.15, 0.2) is 177 Å². The molecule has 0 aliphatic rings. The highest BCUT2D eigenvalue weighted by atomic mass is 32.2. The summed E-state index contributed by atoms with van der Waals surface area (Å²) in [6, 6.07) is 30.7. The fourth-order valence-corrected chi connectivity index (χ4v) is 13.5. The van der Waals surface area contributed by atoms with Crippen LogP contribution in [0.2, 0.25) is 0 Å². The molecule has 4 N–H and O–H groups in total. The van der Waals surface area contributed by atoms with Crippen molar-refractivity contribution in [3.05, 3.63) is 189 Å². The lowest BCUT2D eigenvalue weighted by molar-refractivity contribution is 0.427. The third-order valence-corrected chi connectivity index (χ3v) is 17.8. The SMILES string of the molecule is N#[N+]c1ccc2c(S(=O)(=O)Oc3ccc(Cc4ccc(OS(=O)(=O)c5cccc6c(O)c([N+]#N)ccc56)c(OS(=O)(=O)c5cccc6c(O)c([N+]#N)ccc56)c4OS(=O)(=O)c4cccc5c(O)c([N+]#N)ccc45)cc3)cccc2c1O. The molecule has 0 aliphatic carbocycles. The second-order valence-electron chi connectivity index (χ2n) is 17.4. The zero-order valence-electron chi connectivity index (χ0n) is 40.6. The Labute approximate surface area is 457 Å². The number of hydrogen-bond acceptors (Lipinski definition) is 20. The number of phenolic OH excluding ortho intramolecular Hbond substituents is 4. The molecular formula is C53H32N8O16S4+4. The number of fused-ring (bicyclic) bond motifs is 4. The van der Waals surface area contributed by atoms with E-state index in [4.69, 9.17) is 16.7 Å². The van der Waals surface area contributed by atoms with Crippen LogP contribution in [-0.2, 0) is 46.9 Å². The third kappa shape index (κ3) is 9.60. The lowest BCUT2D eigenvalue weighted by Gasteiger charge is -2.20. The van der Waals surface area contributed by atoms with Crippen molar-refractivity contribution in [1.82, 2.24) is 0 Å². The molecule has 0 amide bonds. The zero-order valence-corrected chi connectivity index (χ0v) is 43.9. The largest absolute Gasteiger partial charge is 0.501 e. The van der Waals surface area contributed by atoms with Gasteiger partial charge in [0.15, 0.2) is 31.4 Å². The summed E-state index contributed by atoms with van der Waals surface area (Å²) in [6.45, 7) is 0. The van der Waals surface area contributed by atoms with E-state index in [1.165, 1.54) is 97.1 Å². The fraction of sp³-hybridized carbons (Fsp3) is 0.0189. The van der Waals surface area contributed by atoms with Gasteiger partial charge in [0.1, 0.15) is 25.3 Å². The van der Waals surface area contributed by atoms with Crippen LogP contribution in [-0.4, -0.2) is 54.1 Å². The van der Waals surface area contributed by atoms with Gasteiger partial charge < -0.3 is 37.2 Å². The molecule has 81 heavy (non-hydrogen) atoms. The van der Waals surface area contributed by atoms with Gasteiger partial charge >= 0.3 is 63.2 Å². The normalized spacial score (nSPS) is 11.8. The van der Waals surface area contributed by atoms with Crippen LogP contribution in [0.3, 0.4) is 0 Å². The van der Waals surface area contributed by atoms with Gasteiger partial charge in [-0.2, -0.15) is 33.7 Å². The van der Waals surface area contributed by atoms with Gasteiger partial charge in [-0.3, -0.25) is 0 Å². The van der Waals surface area contributed by atoms with Gasteiger partial charge in [0, 0.05) is 79.3 Å². The Morgan fingerprint density at radius 3 is 1.00 bits per heavy atom. The summed E-state index contributed by atoms with van der Waals surface area (Å²) in [5.41, 5.74) is -1.34. The molecule has 400 valence electrons. The zero-order chi connectivity index (χ0) is 57.8. The number of phenols is 4. The molecule has 10 rings (SSSR count). The smallest absolute Gasteiger partial charge is 0.426 e. The molecule has 0 aromatic heterocycles. The number of diazo groups is 4. The van der Waals surface area contributed by atoms with E-state index in [-0.39, 0.29) is 87.6 Å². The average molecular weight is 1170 g/mol. The molecule has 0 spiro atoms. The molecule has 24 nitrogen and oxygen atoms in total. The minimum absolute atomic E-state index is 0.0160. The Bertz CT molecular complexity index is 5040. The van der Waals surface area contributed by atoms with Gasteiger partial charge in [0.05, 0.1) is 0 Å². The first kappa shape index (κ1) is 53.5. The van der Waals surface area contributed by atoms with Crippen molar-refractivity contribution in [2.45, 2.75) is 26.0 Å².